The highest BCUT2D eigenvalue weighted by Gasteiger charge is 2.23. The maximum Gasteiger partial charge on any atom is 0.195 e. The Bertz CT molecular complexity index is 600. The van der Waals surface area contributed by atoms with Crippen molar-refractivity contribution in [2.75, 3.05) is 52.4 Å². The van der Waals surface area contributed by atoms with Gasteiger partial charge in [0.25, 0.3) is 0 Å². The summed E-state index contributed by atoms with van der Waals surface area (Å²) in [5.41, 5.74) is 0.898. The van der Waals surface area contributed by atoms with Crippen LogP contribution < -0.4 is 20.1 Å². The third-order valence-electron chi connectivity index (χ3n) is 4.50. The Hall–Kier alpha value is -1.26. The maximum atomic E-state index is 5.63. The molecule has 0 aromatic heterocycles. The lowest BCUT2D eigenvalue weighted by Gasteiger charge is -2.38. The normalized spacial score (nSPS) is 19.0. The largest absolute Gasteiger partial charge is 0.493 e. The molecule has 0 aliphatic carbocycles. The molecule has 0 radical (unpaired) electrons. The van der Waals surface area contributed by atoms with E-state index >= 15 is 0 Å². The van der Waals surface area contributed by atoms with E-state index in [9.17, 15) is 0 Å². The van der Waals surface area contributed by atoms with Crippen molar-refractivity contribution < 1.29 is 14.2 Å². The molecule has 1 aliphatic heterocycles. The number of aliphatic imine (C=N–C) groups is 1. The third kappa shape index (κ3) is 7.00. The van der Waals surface area contributed by atoms with Crippen LogP contribution in [0.5, 0.6) is 11.5 Å². The number of benzene rings is 1. The van der Waals surface area contributed by atoms with Gasteiger partial charge in [0, 0.05) is 44.0 Å². The zero-order valence-electron chi connectivity index (χ0n) is 16.9. The fourth-order valence-corrected chi connectivity index (χ4v) is 3.10. The van der Waals surface area contributed by atoms with Crippen molar-refractivity contribution in [2.45, 2.75) is 32.9 Å². The molecule has 0 amide bonds. The van der Waals surface area contributed by atoms with Gasteiger partial charge < -0.3 is 24.8 Å². The molecule has 7 nitrogen and oxygen atoms in total. The molecule has 154 valence electrons. The minimum atomic E-state index is 0. The van der Waals surface area contributed by atoms with Crippen LogP contribution >= 0.6 is 24.0 Å². The smallest absolute Gasteiger partial charge is 0.195 e. The van der Waals surface area contributed by atoms with Crippen molar-refractivity contribution in [3.05, 3.63) is 18.2 Å². The number of ether oxygens (including phenoxy) is 3. The number of nitrogens with one attached hydrogen (secondary N) is 2. The molecule has 0 bridgehead atoms. The number of rotatable bonds is 7. The van der Waals surface area contributed by atoms with Crippen LogP contribution in [-0.2, 0) is 4.74 Å². The van der Waals surface area contributed by atoms with Gasteiger partial charge in [-0.3, -0.25) is 9.89 Å². The van der Waals surface area contributed by atoms with Gasteiger partial charge in [-0.05, 0) is 32.9 Å². The van der Waals surface area contributed by atoms with Gasteiger partial charge in [0.15, 0.2) is 17.5 Å². The molecule has 1 heterocycles. The van der Waals surface area contributed by atoms with Gasteiger partial charge >= 0.3 is 0 Å². The molecule has 1 aromatic carbocycles. The molecule has 0 spiro atoms. The van der Waals surface area contributed by atoms with Crippen molar-refractivity contribution in [3.63, 3.8) is 0 Å². The Morgan fingerprint density at radius 1 is 1.41 bits per heavy atom. The standard InChI is InChI=1S/C19H32N4O3.HI/c1-6-26-18-11-16(7-8-17(18)24-5)22-19(20-4)21-12-14(2)23-9-10-25-13-15(23)3;/h7-8,11,14-15H,6,9-10,12-13H2,1-5H3,(H2,20,21,22);1H. The van der Waals surface area contributed by atoms with Gasteiger partial charge in [0.05, 0.1) is 26.9 Å². The Morgan fingerprint density at radius 2 is 2.19 bits per heavy atom. The summed E-state index contributed by atoms with van der Waals surface area (Å²) in [7, 11) is 3.41. The van der Waals surface area contributed by atoms with Crippen LogP contribution in [0.4, 0.5) is 5.69 Å². The lowest BCUT2D eigenvalue weighted by molar-refractivity contribution is -0.0173. The number of nitrogens with zero attached hydrogens (tertiary/aromatic N) is 2. The molecular formula is C19H33IN4O3. The van der Waals surface area contributed by atoms with E-state index in [1.807, 2.05) is 25.1 Å². The lowest BCUT2D eigenvalue weighted by atomic mass is 10.2. The Kier molecular flexibility index (Phi) is 10.8. The second kappa shape index (κ2) is 12.2. The van der Waals surface area contributed by atoms with Crippen molar-refractivity contribution in [1.29, 1.82) is 0 Å². The van der Waals surface area contributed by atoms with Crippen molar-refractivity contribution in [3.8, 4) is 11.5 Å². The molecule has 1 aromatic rings. The van der Waals surface area contributed by atoms with Gasteiger partial charge in [-0.1, -0.05) is 0 Å². The molecule has 1 fully saturated rings. The second-order valence-electron chi connectivity index (χ2n) is 6.39. The minimum absolute atomic E-state index is 0. The Balaban J connectivity index is 0.00000364. The molecule has 2 rings (SSSR count). The highest BCUT2D eigenvalue weighted by Crippen LogP contribution is 2.30. The van der Waals surface area contributed by atoms with E-state index in [-0.39, 0.29) is 24.0 Å². The molecule has 2 unspecified atom stereocenters. The summed E-state index contributed by atoms with van der Waals surface area (Å²) in [6.07, 6.45) is 0. The van der Waals surface area contributed by atoms with Gasteiger partial charge in [0.1, 0.15) is 0 Å². The van der Waals surface area contributed by atoms with E-state index in [2.05, 4.69) is 34.4 Å². The minimum Gasteiger partial charge on any atom is -0.493 e. The van der Waals surface area contributed by atoms with Crippen molar-refractivity contribution in [2.24, 2.45) is 4.99 Å². The summed E-state index contributed by atoms with van der Waals surface area (Å²) in [5.74, 6) is 2.16. The van der Waals surface area contributed by atoms with Crippen LogP contribution in [0, 0.1) is 0 Å². The number of morpholine rings is 1. The van der Waals surface area contributed by atoms with E-state index in [4.69, 9.17) is 14.2 Å². The number of halogens is 1. The molecular weight excluding hydrogens is 459 g/mol. The van der Waals surface area contributed by atoms with E-state index in [0.29, 0.717) is 24.4 Å². The quantitative estimate of drug-likeness (QED) is 0.347. The van der Waals surface area contributed by atoms with E-state index in [0.717, 1.165) is 43.7 Å². The summed E-state index contributed by atoms with van der Waals surface area (Å²) in [5, 5.41) is 6.71. The van der Waals surface area contributed by atoms with E-state index < -0.39 is 0 Å². The van der Waals surface area contributed by atoms with Gasteiger partial charge in [-0.15, -0.1) is 24.0 Å². The van der Waals surface area contributed by atoms with E-state index in [1.54, 1.807) is 14.2 Å². The summed E-state index contributed by atoms with van der Waals surface area (Å²) in [6, 6.07) is 6.58. The van der Waals surface area contributed by atoms with E-state index in [1.165, 1.54) is 0 Å². The zero-order chi connectivity index (χ0) is 18.9. The van der Waals surface area contributed by atoms with Crippen LogP contribution in [0.15, 0.2) is 23.2 Å². The van der Waals surface area contributed by atoms with Crippen LogP contribution in [-0.4, -0.2) is 70.0 Å². The highest BCUT2D eigenvalue weighted by molar-refractivity contribution is 14.0. The topological polar surface area (TPSA) is 67.4 Å². The predicted octanol–water partition coefficient (Wildman–Crippen LogP) is 2.81. The average Bonchev–Trinajstić information content (AvgIpc) is 2.65. The number of hydrogen-bond donors (Lipinski definition) is 2. The average molecular weight is 492 g/mol. The Labute approximate surface area is 179 Å². The summed E-state index contributed by atoms with van der Waals surface area (Å²) in [4.78, 5) is 6.78. The SMILES string of the molecule is CCOc1cc(NC(=NC)NCC(C)N2CCOCC2C)ccc1OC.I. The van der Waals surface area contributed by atoms with Crippen molar-refractivity contribution in [1.82, 2.24) is 10.2 Å². The second-order valence-corrected chi connectivity index (χ2v) is 6.39. The van der Waals surface area contributed by atoms with Crippen LogP contribution in [0.1, 0.15) is 20.8 Å². The Morgan fingerprint density at radius 3 is 2.81 bits per heavy atom. The molecule has 1 aliphatic rings. The molecule has 0 saturated carbocycles. The number of hydrogen-bond acceptors (Lipinski definition) is 5. The number of methoxy groups -OCH3 is 1. The monoisotopic (exact) mass is 492 g/mol. The third-order valence-corrected chi connectivity index (χ3v) is 4.50. The van der Waals surface area contributed by atoms with Crippen LogP contribution in [0.25, 0.3) is 0 Å². The zero-order valence-corrected chi connectivity index (χ0v) is 19.3. The number of guanidine groups is 1. The molecule has 2 atom stereocenters. The summed E-state index contributed by atoms with van der Waals surface area (Å²) < 4.78 is 16.5. The predicted molar refractivity (Wildman–Crippen MR) is 121 cm³/mol. The first kappa shape index (κ1) is 23.8. The molecule has 1 saturated heterocycles. The summed E-state index contributed by atoms with van der Waals surface area (Å²) in [6.45, 7) is 10.3. The first-order chi connectivity index (χ1) is 12.6. The first-order valence-corrected chi connectivity index (χ1v) is 9.21. The fraction of sp³-hybridized carbons (Fsp3) is 0.632. The van der Waals surface area contributed by atoms with Gasteiger partial charge in [0.2, 0.25) is 0 Å². The molecule has 8 heteroatoms. The maximum absolute atomic E-state index is 5.63. The molecule has 27 heavy (non-hydrogen) atoms. The van der Waals surface area contributed by atoms with Crippen LogP contribution in [0.3, 0.4) is 0 Å². The highest BCUT2D eigenvalue weighted by atomic mass is 127. The summed E-state index contributed by atoms with van der Waals surface area (Å²) >= 11 is 0. The molecule has 2 N–H and O–H groups in total. The van der Waals surface area contributed by atoms with Gasteiger partial charge in [-0.25, -0.2) is 0 Å². The van der Waals surface area contributed by atoms with Crippen LogP contribution in [0.2, 0.25) is 0 Å². The number of anilines is 1. The van der Waals surface area contributed by atoms with Gasteiger partial charge in [-0.2, -0.15) is 0 Å². The van der Waals surface area contributed by atoms with Crippen molar-refractivity contribution >= 4 is 35.6 Å². The fourth-order valence-electron chi connectivity index (χ4n) is 3.10. The first-order valence-electron chi connectivity index (χ1n) is 9.21. The lowest BCUT2D eigenvalue weighted by Crippen LogP contribution is -2.52.